The normalized spacial score (nSPS) is 11.7. The number of carbonyl (C=O) groups excluding carboxylic acids is 3. The molecule has 0 aromatic heterocycles. The third-order valence-corrected chi connectivity index (χ3v) is 4.21. The fourth-order valence-electron chi connectivity index (χ4n) is 2.54. The molecule has 30 heavy (non-hydrogen) atoms. The van der Waals surface area contributed by atoms with Crippen molar-refractivity contribution >= 4 is 35.1 Å². The fraction of sp³-hybridized carbons (Fsp3) is 0.286. The Morgan fingerprint density at radius 1 is 1.07 bits per heavy atom. The lowest BCUT2D eigenvalue weighted by Crippen LogP contribution is -2.43. The van der Waals surface area contributed by atoms with E-state index >= 15 is 0 Å². The molecule has 0 radical (unpaired) electrons. The standard InChI is InChI=1S/C21H21ClF2N2O4/c1-12(2)9-18(26-20(28)13-3-5-14(22)6-4-13)21(29)30-11-19(27)25-17-8-7-15(23)10-16(17)24/h3-8,10,12,18H,9,11H2,1-2H3,(H,25,27)(H,26,28). The number of hydrogen-bond donors (Lipinski definition) is 2. The molecule has 2 aromatic rings. The molecule has 0 spiro atoms. The molecule has 1 atom stereocenters. The molecule has 0 aliphatic heterocycles. The van der Waals surface area contributed by atoms with E-state index < -0.39 is 42.1 Å². The summed E-state index contributed by atoms with van der Waals surface area (Å²) < 4.78 is 31.5. The van der Waals surface area contributed by atoms with Crippen LogP contribution in [-0.4, -0.2) is 30.4 Å². The van der Waals surface area contributed by atoms with Gasteiger partial charge in [-0.2, -0.15) is 0 Å². The van der Waals surface area contributed by atoms with Crippen molar-refractivity contribution in [3.8, 4) is 0 Å². The van der Waals surface area contributed by atoms with Crippen LogP contribution in [0.4, 0.5) is 14.5 Å². The minimum Gasteiger partial charge on any atom is -0.454 e. The molecule has 2 aromatic carbocycles. The number of halogens is 3. The summed E-state index contributed by atoms with van der Waals surface area (Å²) in [6.45, 7) is 3.03. The molecule has 6 nitrogen and oxygen atoms in total. The van der Waals surface area contributed by atoms with Crippen molar-refractivity contribution in [3.63, 3.8) is 0 Å². The molecule has 0 heterocycles. The highest BCUT2D eigenvalue weighted by Crippen LogP contribution is 2.15. The molecule has 0 saturated heterocycles. The van der Waals surface area contributed by atoms with Crippen molar-refractivity contribution in [2.75, 3.05) is 11.9 Å². The van der Waals surface area contributed by atoms with Crippen molar-refractivity contribution in [2.24, 2.45) is 5.92 Å². The summed E-state index contributed by atoms with van der Waals surface area (Å²) in [7, 11) is 0. The van der Waals surface area contributed by atoms with Crippen LogP contribution < -0.4 is 10.6 Å². The van der Waals surface area contributed by atoms with Crippen molar-refractivity contribution < 1.29 is 27.9 Å². The van der Waals surface area contributed by atoms with Crippen LogP contribution in [0.3, 0.4) is 0 Å². The highest BCUT2D eigenvalue weighted by Gasteiger charge is 2.25. The van der Waals surface area contributed by atoms with Crippen LogP contribution in [0.5, 0.6) is 0 Å². The first kappa shape index (κ1) is 23.3. The summed E-state index contributed by atoms with van der Waals surface area (Å²) in [4.78, 5) is 36.7. The Balaban J connectivity index is 1.96. The van der Waals surface area contributed by atoms with Gasteiger partial charge in [0.05, 0.1) is 5.69 Å². The van der Waals surface area contributed by atoms with Crippen molar-refractivity contribution in [3.05, 3.63) is 64.7 Å². The van der Waals surface area contributed by atoms with Gasteiger partial charge in [0.2, 0.25) is 0 Å². The third-order valence-electron chi connectivity index (χ3n) is 3.95. The second kappa shape index (κ2) is 10.7. The van der Waals surface area contributed by atoms with Crippen molar-refractivity contribution in [1.29, 1.82) is 0 Å². The summed E-state index contributed by atoms with van der Waals surface area (Å²) in [6.07, 6.45) is 0.284. The molecule has 2 N–H and O–H groups in total. The van der Waals surface area contributed by atoms with Crippen LogP contribution in [0.2, 0.25) is 5.02 Å². The summed E-state index contributed by atoms with van der Waals surface area (Å²) in [5.41, 5.74) is 0.0673. The summed E-state index contributed by atoms with van der Waals surface area (Å²) in [5, 5.41) is 5.24. The highest BCUT2D eigenvalue weighted by molar-refractivity contribution is 6.30. The Morgan fingerprint density at radius 2 is 1.73 bits per heavy atom. The van der Waals surface area contributed by atoms with Gasteiger partial charge in [-0.15, -0.1) is 0 Å². The number of esters is 1. The molecule has 2 amide bonds. The van der Waals surface area contributed by atoms with Crippen LogP contribution in [0.25, 0.3) is 0 Å². The number of carbonyl (C=O) groups is 3. The zero-order valence-electron chi connectivity index (χ0n) is 16.4. The van der Waals surface area contributed by atoms with Crippen LogP contribution in [-0.2, 0) is 14.3 Å². The first-order chi connectivity index (χ1) is 14.2. The number of amides is 2. The molecular weight excluding hydrogens is 418 g/mol. The van der Waals surface area contributed by atoms with Gasteiger partial charge in [0, 0.05) is 16.7 Å². The van der Waals surface area contributed by atoms with Crippen molar-refractivity contribution in [2.45, 2.75) is 26.3 Å². The topological polar surface area (TPSA) is 84.5 Å². The number of benzene rings is 2. The Morgan fingerprint density at radius 3 is 2.33 bits per heavy atom. The molecule has 2 rings (SSSR count). The van der Waals surface area contributed by atoms with E-state index in [-0.39, 0.29) is 18.0 Å². The van der Waals surface area contributed by atoms with E-state index in [9.17, 15) is 23.2 Å². The van der Waals surface area contributed by atoms with Gasteiger partial charge < -0.3 is 15.4 Å². The maximum absolute atomic E-state index is 13.6. The largest absolute Gasteiger partial charge is 0.454 e. The fourth-order valence-corrected chi connectivity index (χ4v) is 2.67. The molecular formula is C21H21ClF2N2O4. The molecule has 160 valence electrons. The molecule has 0 aliphatic carbocycles. The van der Waals surface area contributed by atoms with E-state index in [1.54, 1.807) is 12.1 Å². The number of ether oxygens (including phenoxy) is 1. The minimum absolute atomic E-state index is 0.0511. The lowest BCUT2D eigenvalue weighted by atomic mass is 10.0. The van der Waals surface area contributed by atoms with E-state index in [0.29, 0.717) is 16.7 Å². The average Bonchev–Trinajstić information content (AvgIpc) is 2.68. The lowest BCUT2D eigenvalue weighted by molar-refractivity contribution is -0.149. The predicted octanol–water partition coefficient (Wildman–Crippen LogP) is 3.94. The summed E-state index contributed by atoms with van der Waals surface area (Å²) in [6, 6.07) is 7.79. The van der Waals surface area contributed by atoms with E-state index in [0.717, 1.165) is 12.1 Å². The van der Waals surface area contributed by atoms with Gasteiger partial charge >= 0.3 is 5.97 Å². The SMILES string of the molecule is CC(C)CC(NC(=O)c1ccc(Cl)cc1)C(=O)OCC(=O)Nc1ccc(F)cc1F. The zero-order chi connectivity index (χ0) is 22.3. The smallest absolute Gasteiger partial charge is 0.329 e. The molecule has 0 fully saturated rings. The van der Waals surface area contributed by atoms with E-state index in [1.807, 2.05) is 13.8 Å². The monoisotopic (exact) mass is 438 g/mol. The minimum atomic E-state index is -0.983. The summed E-state index contributed by atoms with van der Waals surface area (Å²) in [5.74, 6) is -3.79. The first-order valence-corrected chi connectivity index (χ1v) is 9.51. The number of anilines is 1. The molecule has 1 unspecified atom stereocenters. The highest BCUT2D eigenvalue weighted by atomic mass is 35.5. The van der Waals surface area contributed by atoms with Gasteiger partial charge in [0.15, 0.2) is 6.61 Å². The van der Waals surface area contributed by atoms with E-state index in [4.69, 9.17) is 16.3 Å². The quantitative estimate of drug-likeness (QED) is 0.611. The maximum atomic E-state index is 13.6. The van der Waals surface area contributed by atoms with Gasteiger partial charge in [0.25, 0.3) is 11.8 Å². The van der Waals surface area contributed by atoms with Crippen LogP contribution in [0.15, 0.2) is 42.5 Å². The Kier molecular flexibility index (Phi) is 8.29. The molecule has 9 heteroatoms. The average molecular weight is 439 g/mol. The van der Waals surface area contributed by atoms with Gasteiger partial charge in [-0.3, -0.25) is 9.59 Å². The lowest BCUT2D eigenvalue weighted by Gasteiger charge is -2.19. The van der Waals surface area contributed by atoms with Crippen LogP contribution >= 0.6 is 11.6 Å². The van der Waals surface area contributed by atoms with E-state index in [2.05, 4.69) is 10.6 Å². The van der Waals surface area contributed by atoms with E-state index in [1.165, 1.54) is 12.1 Å². The number of rotatable bonds is 8. The van der Waals surface area contributed by atoms with Crippen molar-refractivity contribution in [1.82, 2.24) is 5.32 Å². The third kappa shape index (κ3) is 7.11. The Bertz CT molecular complexity index is 920. The molecule has 0 bridgehead atoms. The van der Waals surface area contributed by atoms with Crippen LogP contribution in [0.1, 0.15) is 30.6 Å². The van der Waals surface area contributed by atoms with Gasteiger partial charge in [-0.25, -0.2) is 13.6 Å². The predicted molar refractivity (Wildman–Crippen MR) is 108 cm³/mol. The number of nitrogens with one attached hydrogen (secondary N) is 2. The second-order valence-corrected chi connectivity index (χ2v) is 7.38. The Labute approximate surface area is 177 Å². The zero-order valence-corrected chi connectivity index (χ0v) is 17.1. The number of hydrogen-bond acceptors (Lipinski definition) is 4. The van der Waals surface area contributed by atoms with Gasteiger partial charge in [0.1, 0.15) is 17.7 Å². The van der Waals surface area contributed by atoms with Gasteiger partial charge in [-0.05, 0) is 48.7 Å². The summed E-state index contributed by atoms with van der Waals surface area (Å²) >= 11 is 5.80. The Hall–Kier alpha value is -3.00. The second-order valence-electron chi connectivity index (χ2n) is 6.94. The van der Waals surface area contributed by atoms with Gasteiger partial charge in [-0.1, -0.05) is 25.4 Å². The first-order valence-electron chi connectivity index (χ1n) is 9.13. The molecule has 0 saturated carbocycles. The van der Waals surface area contributed by atoms with Crippen LogP contribution in [0, 0.1) is 17.6 Å². The maximum Gasteiger partial charge on any atom is 0.329 e. The molecule has 0 aliphatic rings.